The molecule has 0 amide bonds. The van der Waals surface area contributed by atoms with Crippen LogP contribution in [0.3, 0.4) is 0 Å². The van der Waals surface area contributed by atoms with Crippen molar-refractivity contribution in [3.63, 3.8) is 0 Å². The normalized spacial score (nSPS) is 10.2. The number of rotatable bonds is 8. The van der Waals surface area contributed by atoms with E-state index in [2.05, 4.69) is 24.8 Å². The standard InChI is InChI=1S/C24H22O4/c1-3-24(25)28-16-15-27-23-13-9-19(10-14-23)21-6-4-5-20(17-21)18-7-11-22(26-2)12-8-18/h3-14,17H,1,15-16H2,2H3. The summed E-state index contributed by atoms with van der Waals surface area (Å²) >= 11 is 0. The summed E-state index contributed by atoms with van der Waals surface area (Å²) in [5.74, 6) is 1.12. The van der Waals surface area contributed by atoms with E-state index in [1.54, 1.807) is 7.11 Å². The highest BCUT2D eigenvalue weighted by atomic mass is 16.6. The van der Waals surface area contributed by atoms with Gasteiger partial charge in [-0.3, -0.25) is 0 Å². The van der Waals surface area contributed by atoms with Crippen LogP contribution < -0.4 is 9.47 Å². The van der Waals surface area contributed by atoms with Gasteiger partial charge in [-0.15, -0.1) is 0 Å². The molecule has 28 heavy (non-hydrogen) atoms. The molecular formula is C24H22O4. The van der Waals surface area contributed by atoms with Crippen molar-refractivity contribution in [2.45, 2.75) is 0 Å². The molecule has 0 fully saturated rings. The molecule has 0 aliphatic rings. The van der Waals surface area contributed by atoms with E-state index in [-0.39, 0.29) is 6.61 Å². The maximum absolute atomic E-state index is 11.0. The molecule has 0 saturated carbocycles. The molecule has 0 aliphatic carbocycles. The van der Waals surface area contributed by atoms with Crippen LogP contribution in [0.15, 0.2) is 85.5 Å². The predicted octanol–water partition coefficient (Wildman–Crippen LogP) is 5.14. The molecule has 0 bridgehead atoms. The van der Waals surface area contributed by atoms with Crippen LogP contribution in [0.2, 0.25) is 0 Å². The van der Waals surface area contributed by atoms with E-state index in [0.29, 0.717) is 6.61 Å². The highest BCUT2D eigenvalue weighted by molar-refractivity contribution is 5.81. The van der Waals surface area contributed by atoms with Gasteiger partial charge in [0.05, 0.1) is 7.11 Å². The topological polar surface area (TPSA) is 44.8 Å². The Bertz CT molecular complexity index is 928. The van der Waals surface area contributed by atoms with Gasteiger partial charge in [0.1, 0.15) is 24.7 Å². The van der Waals surface area contributed by atoms with Crippen molar-refractivity contribution < 1.29 is 19.0 Å². The summed E-state index contributed by atoms with van der Waals surface area (Å²) in [7, 11) is 1.66. The Morgan fingerprint density at radius 2 is 1.39 bits per heavy atom. The second-order valence-corrected chi connectivity index (χ2v) is 6.05. The van der Waals surface area contributed by atoms with Crippen LogP contribution in [0.1, 0.15) is 0 Å². The van der Waals surface area contributed by atoms with Crippen molar-refractivity contribution >= 4 is 5.97 Å². The van der Waals surface area contributed by atoms with Crippen LogP contribution in [0, 0.1) is 0 Å². The minimum absolute atomic E-state index is 0.191. The molecule has 0 atom stereocenters. The Morgan fingerprint density at radius 1 is 0.821 bits per heavy atom. The van der Waals surface area contributed by atoms with E-state index in [0.717, 1.165) is 39.8 Å². The largest absolute Gasteiger partial charge is 0.497 e. The molecule has 142 valence electrons. The van der Waals surface area contributed by atoms with Gasteiger partial charge in [0.25, 0.3) is 0 Å². The molecule has 3 rings (SSSR count). The molecular weight excluding hydrogens is 352 g/mol. The van der Waals surface area contributed by atoms with Crippen LogP contribution in [0.4, 0.5) is 0 Å². The average Bonchev–Trinajstić information content (AvgIpc) is 2.77. The van der Waals surface area contributed by atoms with E-state index in [9.17, 15) is 4.79 Å². The Morgan fingerprint density at radius 3 is 1.93 bits per heavy atom. The summed E-state index contributed by atoms with van der Waals surface area (Å²) in [5.41, 5.74) is 4.50. The summed E-state index contributed by atoms with van der Waals surface area (Å²) in [6, 6.07) is 24.2. The second-order valence-electron chi connectivity index (χ2n) is 6.05. The molecule has 4 nitrogen and oxygen atoms in total. The van der Waals surface area contributed by atoms with Crippen molar-refractivity contribution in [1.82, 2.24) is 0 Å². The van der Waals surface area contributed by atoms with Crippen molar-refractivity contribution in [2.24, 2.45) is 0 Å². The number of ether oxygens (including phenoxy) is 3. The fourth-order valence-electron chi connectivity index (χ4n) is 2.77. The monoisotopic (exact) mass is 374 g/mol. The molecule has 0 aromatic heterocycles. The lowest BCUT2D eigenvalue weighted by atomic mass is 9.99. The molecule has 0 saturated heterocycles. The van der Waals surface area contributed by atoms with E-state index in [1.165, 1.54) is 0 Å². The van der Waals surface area contributed by atoms with Gasteiger partial charge in [0, 0.05) is 6.08 Å². The number of carbonyl (C=O) groups excluding carboxylic acids is 1. The number of methoxy groups -OCH3 is 1. The first-order valence-electron chi connectivity index (χ1n) is 8.96. The first-order valence-corrected chi connectivity index (χ1v) is 8.96. The molecule has 0 aliphatic heterocycles. The van der Waals surface area contributed by atoms with Crippen molar-refractivity contribution in [2.75, 3.05) is 20.3 Å². The molecule has 4 heteroatoms. The first kappa shape index (κ1) is 19.2. The Labute approximate surface area is 165 Å². The number of benzene rings is 3. The van der Waals surface area contributed by atoms with E-state index in [4.69, 9.17) is 14.2 Å². The maximum Gasteiger partial charge on any atom is 0.330 e. The van der Waals surface area contributed by atoms with E-state index in [1.807, 2.05) is 54.6 Å². The molecule has 0 spiro atoms. The van der Waals surface area contributed by atoms with Crippen LogP contribution >= 0.6 is 0 Å². The quantitative estimate of drug-likeness (QED) is 0.311. The van der Waals surface area contributed by atoms with Crippen molar-refractivity contribution in [1.29, 1.82) is 0 Å². The second kappa shape index (κ2) is 9.42. The maximum atomic E-state index is 11.0. The summed E-state index contributed by atoms with van der Waals surface area (Å²) in [5, 5.41) is 0. The molecule has 0 heterocycles. The zero-order valence-corrected chi connectivity index (χ0v) is 15.8. The Balaban J connectivity index is 1.66. The highest BCUT2D eigenvalue weighted by Crippen LogP contribution is 2.28. The lowest BCUT2D eigenvalue weighted by Crippen LogP contribution is -2.10. The van der Waals surface area contributed by atoms with Crippen LogP contribution in [0.5, 0.6) is 11.5 Å². The Kier molecular flexibility index (Phi) is 6.47. The zero-order valence-electron chi connectivity index (χ0n) is 15.8. The number of carbonyl (C=O) groups is 1. The minimum Gasteiger partial charge on any atom is -0.497 e. The van der Waals surface area contributed by atoms with Gasteiger partial charge < -0.3 is 14.2 Å². The summed E-state index contributed by atoms with van der Waals surface area (Å²) in [4.78, 5) is 11.0. The lowest BCUT2D eigenvalue weighted by molar-refractivity contribution is -0.138. The SMILES string of the molecule is C=CC(=O)OCCOc1ccc(-c2cccc(-c3ccc(OC)cc3)c2)cc1. The van der Waals surface area contributed by atoms with Gasteiger partial charge in [0.2, 0.25) is 0 Å². The molecule has 3 aromatic carbocycles. The van der Waals surface area contributed by atoms with E-state index >= 15 is 0 Å². The van der Waals surface area contributed by atoms with Gasteiger partial charge >= 0.3 is 5.97 Å². The van der Waals surface area contributed by atoms with Crippen molar-refractivity contribution in [3.05, 3.63) is 85.5 Å². The number of hydrogen-bond acceptors (Lipinski definition) is 4. The van der Waals surface area contributed by atoms with Gasteiger partial charge in [-0.05, 0) is 52.6 Å². The third-order valence-corrected chi connectivity index (χ3v) is 4.24. The van der Waals surface area contributed by atoms with Crippen LogP contribution in [-0.2, 0) is 9.53 Å². The fraction of sp³-hybridized carbons (Fsp3) is 0.125. The van der Waals surface area contributed by atoms with Gasteiger partial charge in [-0.1, -0.05) is 49.0 Å². The predicted molar refractivity (Wildman–Crippen MR) is 111 cm³/mol. The van der Waals surface area contributed by atoms with E-state index < -0.39 is 5.97 Å². The smallest absolute Gasteiger partial charge is 0.330 e. The summed E-state index contributed by atoms with van der Waals surface area (Å²) < 4.78 is 15.7. The number of hydrogen-bond donors (Lipinski definition) is 0. The number of esters is 1. The van der Waals surface area contributed by atoms with Crippen LogP contribution in [0.25, 0.3) is 22.3 Å². The average molecular weight is 374 g/mol. The summed E-state index contributed by atoms with van der Waals surface area (Å²) in [6.45, 7) is 3.84. The molecule has 3 aromatic rings. The van der Waals surface area contributed by atoms with Gasteiger partial charge in [-0.25, -0.2) is 4.79 Å². The third-order valence-electron chi connectivity index (χ3n) is 4.24. The fourth-order valence-corrected chi connectivity index (χ4v) is 2.77. The van der Waals surface area contributed by atoms with Gasteiger partial charge in [0.15, 0.2) is 0 Å². The van der Waals surface area contributed by atoms with Crippen molar-refractivity contribution in [3.8, 4) is 33.8 Å². The van der Waals surface area contributed by atoms with Crippen LogP contribution in [-0.4, -0.2) is 26.3 Å². The molecule has 0 unspecified atom stereocenters. The highest BCUT2D eigenvalue weighted by Gasteiger charge is 2.03. The van der Waals surface area contributed by atoms with Gasteiger partial charge in [-0.2, -0.15) is 0 Å². The first-order chi connectivity index (χ1) is 13.7. The zero-order chi connectivity index (χ0) is 19.8. The molecule has 0 N–H and O–H groups in total. The lowest BCUT2D eigenvalue weighted by Gasteiger charge is -2.09. The third kappa shape index (κ3) is 5.01. The minimum atomic E-state index is -0.448. The molecule has 0 radical (unpaired) electrons. The summed E-state index contributed by atoms with van der Waals surface area (Å²) in [6.07, 6.45) is 1.13. The Hall–Kier alpha value is -3.53.